The van der Waals surface area contributed by atoms with Gasteiger partial charge >= 0.3 is 0 Å². The number of rotatable bonds is 6. The lowest BCUT2D eigenvalue weighted by Crippen LogP contribution is -2.35. The van der Waals surface area contributed by atoms with E-state index in [1.807, 2.05) is 0 Å². The summed E-state index contributed by atoms with van der Waals surface area (Å²) in [4.78, 5) is 2.58. The van der Waals surface area contributed by atoms with Crippen molar-refractivity contribution in [1.82, 2.24) is 10.2 Å². The van der Waals surface area contributed by atoms with E-state index in [4.69, 9.17) is 4.74 Å². The zero-order valence-corrected chi connectivity index (χ0v) is 12.5. The van der Waals surface area contributed by atoms with Crippen molar-refractivity contribution in [1.29, 1.82) is 0 Å². The Bertz CT molecular complexity index is 204. The molecule has 1 N–H and O–H groups in total. The molecule has 0 saturated carbocycles. The first-order valence-electron chi connectivity index (χ1n) is 7.43. The Balaban J connectivity index is 0.00000162. The van der Waals surface area contributed by atoms with Crippen molar-refractivity contribution in [3.05, 3.63) is 0 Å². The van der Waals surface area contributed by atoms with E-state index in [1.165, 1.54) is 58.3 Å². The van der Waals surface area contributed by atoms with Gasteiger partial charge in [0, 0.05) is 13.2 Å². The number of nitrogens with zero attached hydrogens (tertiary/aromatic N) is 1. The van der Waals surface area contributed by atoms with Crippen molar-refractivity contribution in [2.24, 2.45) is 5.92 Å². The first kappa shape index (κ1) is 16.2. The second-order valence-corrected chi connectivity index (χ2v) is 5.51. The summed E-state index contributed by atoms with van der Waals surface area (Å²) in [5.41, 5.74) is 0. The Morgan fingerprint density at radius 2 is 2.00 bits per heavy atom. The minimum absolute atomic E-state index is 0. The Kier molecular flexibility index (Phi) is 8.23. The van der Waals surface area contributed by atoms with Crippen LogP contribution in [0.5, 0.6) is 0 Å². The highest BCUT2D eigenvalue weighted by Crippen LogP contribution is 2.18. The second-order valence-electron chi connectivity index (χ2n) is 5.51. The van der Waals surface area contributed by atoms with Crippen molar-refractivity contribution in [2.75, 3.05) is 39.3 Å². The number of likely N-dealkylation sites (N-methyl/N-ethyl adjacent to an activating group) is 1. The van der Waals surface area contributed by atoms with Crippen molar-refractivity contribution in [2.45, 2.75) is 45.1 Å². The highest BCUT2D eigenvalue weighted by molar-refractivity contribution is 5.85. The molecule has 4 heteroatoms. The normalized spacial score (nSPS) is 25.3. The number of piperidine rings is 1. The lowest BCUT2D eigenvalue weighted by atomic mass is 9.94. The predicted molar refractivity (Wildman–Crippen MR) is 78.5 cm³/mol. The molecule has 0 aromatic heterocycles. The number of halogens is 1. The molecule has 0 bridgehead atoms. The van der Waals surface area contributed by atoms with Crippen LogP contribution in [0.4, 0.5) is 0 Å². The molecule has 0 aromatic rings. The Labute approximate surface area is 118 Å². The molecule has 0 aromatic carbocycles. The van der Waals surface area contributed by atoms with Crippen molar-refractivity contribution in [3.63, 3.8) is 0 Å². The van der Waals surface area contributed by atoms with Gasteiger partial charge in [-0.2, -0.15) is 0 Å². The molecule has 2 aliphatic rings. The molecule has 2 saturated heterocycles. The van der Waals surface area contributed by atoms with Crippen LogP contribution in [0.2, 0.25) is 0 Å². The highest BCUT2D eigenvalue weighted by Gasteiger charge is 2.19. The number of hydrogen-bond donors (Lipinski definition) is 1. The van der Waals surface area contributed by atoms with E-state index in [-0.39, 0.29) is 12.4 Å². The standard InChI is InChI=1S/C14H28N2O.ClH/c1-2-16(12-14-4-3-11-17-14)10-7-13-5-8-15-9-6-13;/h13-15H,2-12H2,1H3;1H. The van der Waals surface area contributed by atoms with E-state index in [0.717, 1.165) is 19.1 Å². The monoisotopic (exact) mass is 276 g/mol. The molecule has 2 fully saturated rings. The first-order chi connectivity index (χ1) is 8.38. The fraction of sp³-hybridized carbons (Fsp3) is 1.00. The van der Waals surface area contributed by atoms with Crippen LogP contribution in [0, 0.1) is 5.92 Å². The van der Waals surface area contributed by atoms with Gasteiger partial charge < -0.3 is 15.0 Å². The van der Waals surface area contributed by atoms with E-state index in [2.05, 4.69) is 17.1 Å². The minimum Gasteiger partial charge on any atom is -0.377 e. The predicted octanol–water partition coefficient (Wildman–Crippen LogP) is 2.30. The van der Waals surface area contributed by atoms with E-state index in [0.29, 0.717) is 6.10 Å². The quantitative estimate of drug-likeness (QED) is 0.806. The van der Waals surface area contributed by atoms with Gasteiger partial charge in [-0.05, 0) is 64.2 Å². The lowest BCUT2D eigenvalue weighted by molar-refractivity contribution is 0.0723. The molecule has 0 amide bonds. The maximum absolute atomic E-state index is 5.73. The molecule has 1 unspecified atom stereocenters. The van der Waals surface area contributed by atoms with Gasteiger partial charge in [0.1, 0.15) is 0 Å². The molecular weight excluding hydrogens is 248 g/mol. The van der Waals surface area contributed by atoms with Crippen LogP contribution >= 0.6 is 12.4 Å². The molecule has 2 rings (SSSR count). The lowest BCUT2D eigenvalue weighted by Gasteiger charge is -2.28. The molecule has 0 spiro atoms. The summed E-state index contributed by atoms with van der Waals surface area (Å²) in [7, 11) is 0. The van der Waals surface area contributed by atoms with Crippen LogP contribution in [0.25, 0.3) is 0 Å². The van der Waals surface area contributed by atoms with Crippen LogP contribution in [0.1, 0.15) is 39.0 Å². The third-order valence-corrected chi connectivity index (χ3v) is 4.25. The van der Waals surface area contributed by atoms with E-state index in [1.54, 1.807) is 0 Å². The van der Waals surface area contributed by atoms with Crippen molar-refractivity contribution < 1.29 is 4.74 Å². The summed E-state index contributed by atoms with van der Waals surface area (Å²) in [6.07, 6.45) is 7.17. The smallest absolute Gasteiger partial charge is 0.0702 e. The summed E-state index contributed by atoms with van der Waals surface area (Å²) < 4.78 is 5.73. The molecule has 18 heavy (non-hydrogen) atoms. The van der Waals surface area contributed by atoms with Crippen LogP contribution in [-0.2, 0) is 4.74 Å². The second kappa shape index (κ2) is 9.13. The summed E-state index contributed by atoms with van der Waals surface area (Å²) in [5.74, 6) is 0.954. The molecule has 0 radical (unpaired) electrons. The number of nitrogens with one attached hydrogen (secondary N) is 1. The minimum atomic E-state index is 0. The van der Waals surface area contributed by atoms with Gasteiger partial charge in [-0.25, -0.2) is 0 Å². The Morgan fingerprint density at radius 3 is 2.61 bits per heavy atom. The molecule has 2 heterocycles. The van der Waals surface area contributed by atoms with Crippen LogP contribution in [0.15, 0.2) is 0 Å². The summed E-state index contributed by atoms with van der Waals surface area (Å²) in [6.45, 7) is 9.30. The SMILES string of the molecule is CCN(CCC1CCNCC1)CC1CCCO1.Cl. The van der Waals surface area contributed by atoms with Crippen LogP contribution < -0.4 is 5.32 Å². The fourth-order valence-corrected chi connectivity index (χ4v) is 2.99. The fourth-order valence-electron chi connectivity index (χ4n) is 2.99. The van der Waals surface area contributed by atoms with E-state index < -0.39 is 0 Å². The number of hydrogen-bond acceptors (Lipinski definition) is 3. The molecule has 2 aliphatic heterocycles. The van der Waals surface area contributed by atoms with Gasteiger partial charge in [0.25, 0.3) is 0 Å². The molecule has 1 atom stereocenters. The van der Waals surface area contributed by atoms with Crippen LogP contribution in [0.3, 0.4) is 0 Å². The average molecular weight is 277 g/mol. The first-order valence-corrected chi connectivity index (χ1v) is 7.43. The van der Waals surface area contributed by atoms with E-state index >= 15 is 0 Å². The third kappa shape index (κ3) is 5.43. The van der Waals surface area contributed by atoms with Gasteiger partial charge in [-0.3, -0.25) is 0 Å². The summed E-state index contributed by atoms with van der Waals surface area (Å²) in [5, 5.41) is 3.44. The van der Waals surface area contributed by atoms with E-state index in [9.17, 15) is 0 Å². The van der Waals surface area contributed by atoms with Crippen molar-refractivity contribution in [3.8, 4) is 0 Å². The molecule has 108 valence electrons. The zero-order valence-electron chi connectivity index (χ0n) is 11.7. The van der Waals surface area contributed by atoms with Gasteiger partial charge in [-0.1, -0.05) is 6.92 Å². The Morgan fingerprint density at radius 1 is 1.22 bits per heavy atom. The van der Waals surface area contributed by atoms with Gasteiger partial charge in [0.2, 0.25) is 0 Å². The zero-order chi connectivity index (χ0) is 11.9. The maximum Gasteiger partial charge on any atom is 0.0702 e. The Hall–Kier alpha value is 0.170. The average Bonchev–Trinajstić information content (AvgIpc) is 2.88. The van der Waals surface area contributed by atoms with Crippen molar-refractivity contribution >= 4 is 12.4 Å². The molecule has 3 nitrogen and oxygen atoms in total. The van der Waals surface area contributed by atoms with Gasteiger partial charge in [0.15, 0.2) is 0 Å². The summed E-state index contributed by atoms with van der Waals surface area (Å²) >= 11 is 0. The largest absolute Gasteiger partial charge is 0.377 e. The maximum atomic E-state index is 5.73. The molecular formula is C14H29ClN2O. The van der Waals surface area contributed by atoms with Gasteiger partial charge in [-0.15, -0.1) is 12.4 Å². The summed E-state index contributed by atoms with van der Waals surface area (Å²) in [6, 6.07) is 0. The number of ether oxygens (including phenoxy) is 1. The molecule has 0 aliphatic carbocycles. The highest BCUT2D eigenvalue weighted by atomic mass is 35.5. The topological polar surface area (TPSA) is 24.5 Å². The van der Waals surface area contributed by atoms with Crippen LogP contribution in [-0.4, -0.2) is 50.3 Å². The third-order valence-electron chi connectivity index (χ3n) is 4.25. The van der Waals surface area contributed by atoms with Gasteiger partial charge in [0.05, 0.1) is 6.10 Å².